The van der Waals surface area contributed by atoms with Gasteiger partial charge in [-0.1, -0.05) is 0 Å². The lowest BCUT2D eigenvalue weighted by atomic mass is 10.0. The molecule has 0 saturated carbocycles. The highest BCUT2D eigenvalue weighted by Crippen LogP contribution is 2.26. The van der Waals surface area contributed by atoms with E-state index in [1.54, 1.807) is 0 Å². The van der Waals surface area contributed by atoms with E-state index in [2.05, 4.69) is 16.0 Å². The molecule has 1 saturated heterocycles. The molecule has 0 aliphatic carbocycles. The van der Waals surface area contributed by atoms with Crippen LogP contribution in [0.25, 0.3) is 0 Å². The van der Waals surface area contributed by atoms with Crippen LogP contribution in [-0.4, -0.2) is 63.0 Å². The number of fused-ring (bicyclic) bond motifs is 1. The first kappa shape index (κ1) is 17.8. The maximum Gasteiger partial charge on any atom is 0.279 e. The van der Waals surface area contributed by atoms with Gasteiger partial charge >= 0.3 is 0 Å². The van der Waals surface area contributed by atoms with Crippen LogP contribution < -0.4 is 4.72 Å². The molecule has 0 spiro atoms. The van der Waals surface area contributed by atoms with Gasteiger partial charge in [-0.2, -0.15) is 22.5 Å². The fourth-order valence-corrected chi connectivity index (χ4v) is 3.70. The van der Waals surface area contributed by atoms with Gasteiger partial charge in [0.2, 0.25) is 0 Å². The van der Waals surface area contributed by atoms with Crippen molar-refractivity contribution in [3.8, 4) is 0 Å². The van der Waals surface area contributed by atoms with Crippen LogP contribution in [0.2, 0.25) is 0 Å². The van der Waals surface area contributed by atoms with Crippen molar-refractivity contribution in [3.05, 3.63) is 17.5 Å². The molecule has 2 aliphatic rings. The maximum atomic E-state index is 11.9. The number of nitrogens with zero attached hydrogens (tertiary/aromatic N) is 3. The summed E-state index contributed by atoms with van der Waals surface area (Å²) in [5.74, 6) is 0.590. The highest BCUT2D eigenvalue weighted by atomic mass is 32.2. The van der Waals surface area contributed by atoms with Gasteiger partial charge in [-0.25, -0.2) is 0 Å². The standard InChI is InChI=1S/C15H26N4O4S/c1-18(2)24(20,21)16-9-14-15-13(5-8-23-14)11-19(17-15)10-12-3-6-22-7-4-12/h11-12,14,16H,3-10H2,1-2H3/t14-/m1/s1. The molecule has 0 amide bonds. The molecule has 1 aromatic rings. The second-order valence-corrected chi connectivity index (χ2v) is 8.53. The Morgan fingerprint density at radius 2 is 2.08 bits per heavy atom. The summed E-state index contributed by atoms with van der Waals surface area (Å²) in [7, 11) is -0.465. The molecular weight excluding hydrogens is 332 g/mol. The van der Waals surface area contributed by atoms with Crippen LogP contribution in [0.5, 0.6) is 0 Å². The SMILES string of the molecule is CN(C)S(=O)(=O)NC[C@H]1OCCc2cn(CC3CCOCC3)nc21. The summed E-state index contributed by atoms with van der Waals surface area (Å²) in [4.78, 5) is 0. The van der Waals surface area contributed by atoms with Crippen molar-refractivity contribution < 1.29 is 17.9 Å². The fourth-order valence-electron chi connectivity index (χ4n) is 3.08. The molecule has 9 heteroatoms. The van der Waals surface area contributed by atoms with Gasteiger partial charge in [0, 0.05) is 46.6 Å². The number of ether oxygens (including phenoxy) is 2. The Kier molecular flexibility index (Phi) is 5.56. The monoisotopic (exact) mass is 358 g/mol. The van der Waals surface area contributed by atoms with Gasteiger partial charge in [-0.15, -0.1) is 0 Å². The van der Waals surface area contributed by atoms with Crippen LogP contribution >= 0.6 is 0 Å². The number of hydrogen-bond acceptors (Lipinski definition) is 5. The fraction of sp³-hybridized carbons (Fsp3) is 0.800. The zero-order chi connectivity index (χ0) is 17.2. The van der Waals surface area contributed by atoms with Gasteiger partial charge in [0.15, 0.2) is 0 Å². The van der Waals surface area contributed by atoms with Gasteiger partial charge in [0.05, 0.1) is 12.3 Å². The van der Waals surface area contributed by atoms with Crippen LogP contribution in [0.4, 0.5) is 0 Å². The van der Waals surface area contributed by atoms with Gasteiger partial charge < -0.3 is 9.47 Å². The zero-order valence-corrected chi connectivity index (χ0v) is 15.1. The average molecular weight is 358 g/mol. The third kappa shape index (κ3) is 4.15. The van der Waals surface area contributed by atoms with Crippen molar-refractivity contribution in [1.82, 2.24) is 18.8 Å². The summed E-state index contributed by atoms with van der Waals surface area (Å²) < 4.78 is 40.6. The molecule has 3 rings (SSSR count). The molecule has 136 valence electrons. The summed E-state index contributed by atoms with van der Waals surface area (Å²) in [5.41, 5.74) is 2.01. The summed E-state index contributed by atoms with van der Waals surface area (Å²) in [6.07, 6.45) is 4.69. The Labute approximate surface area is 143 Å². The highest BCUT2D eigenvalue weighted by molar-refractivity contribution is 7.87. The van der Waals surface area contributed by atoms with Crippen molar-refractivity contribution in [2.24, 2.45) is 5.92 Å². The molecule has 1 fully saturated rings. The number of nitrogens with one attached hydrogen (secondary N) is 1. The van der Waals surface area contributed by atoms with Gasteiger partial charge in [0.1, 0.15) is 6.10 Å². The van der Waals surface area contributed by atoms with Crippen LogP contribution in [0.3, 0.4) is 0 Å². The largest absolute Gasteiger partial charge is 0.381 e. The van der Waals surface area contributed by atoms with Crippen LogP contribution in [0.1, 0.15) is 30.2 Å². The van der Waals surface area contributed by atoms with E-state index in [0.717, 1.165) is 54.6 Å². The lowest BCUT2D eigenvalue weighted by Crippen LogP contribution is -2.39. The van der Waals surface area contributed by atoms with E-state index in [-0.39, 0.29) is 12.6 Å². The van der Waals surface area contributed by atoms with E-state index in [9.17, 15) is 8.42 Å². The Morgan fingerprint density at radius 1 is 1.33 bits per heavy atom. The van der Waals surface area contributed by atoms with Crippen molar-refractivity contribution >= 4 is 10.2 Å². The predicted octanol–water partition coefficient (Wildman–Crippen LogP) is 0.320. The minimum atomic E-state index is -3.46. The van der Waals surface area contributed by atoms with E-state index < -0.39 is 10.2 Å². The molecule has 2 aliphatic heterocycles. The predicted molar refractivity (Wildman–Crippen MR) is 88.8 cm³/mol. The van der Waals surface area contributed by atoms with E-state index >= 15 is 0 Å². The van der Waals surface area contributed by atoms with Gasteiger partial charge in [-0.05, 0) is 30.7 Å². The third-order valence-electron chi connectivity index (χ3n) is 4.58. The minimum Gasteiger partial charge on any atom is -0.381 e. The Hall–Kier alpha value is -1.00. The molecule has 0 radical (unpaired) electrons. The van der Waals surface area contributed by atoms with Crippen LogP contribution in [0.15, 0.2) is 6.20 Å². The van der Waals surface area contributed by atoms with Crippen LogP contribution in [-0.2, 0) is 32.6 Å². The Bertz CT molecular complexity index is 652. The van der Waals surface area contributed by atoms with E-state index in [0.29, 0.717) is 12.5 Å². The second-order valence-electron chi connectivity index (χ2n) is 6.56. The molecule has 8 nitrogen and oxygen atoms in total. The Balaban J connectivity index is 1.66. The maximum absolute atomic E-state index is 11.9. The normalized spacial score (nSPS) is 22.7. The first-order valence-electron chi connectivity index (χ1n) is 8.38. The summed E-state index contributed by atoms with van der Waals surface area (Å²) in [6.45, 7) is 3.31. The molecule has 24 heavy (non-hydrogen) atoms. The minimum absolute atomic E-state index is 0.196. The summed E-state index contributed by atoms with van der Waals surface area (Å²) >= 11 is 0. The Morgan fingerprint density at radius 3 is 2.79 bits per heavy atom. The average Bonchev–Trinajstić information content (AvgIpc) is 2.96. The number of rotatable bonds is 6. The first-order chi connectivity index (χ1) is 11.5. The van der Waals surface area contributed by atoms with E-state index in [1.165, 1.54) is 14.1 Å². The molecular formula is C15H26N4O4S. The smallest absolute Gasteiger partial charge is 0.279 e. The molecule has 1 atom stereocenters. The van der Waals surface area contributed by atoms with Crippen LogP contribution in [0, 0.1) is 5.92 Å². The third-order valence-corrected chi connectivity index (χ3v) is 6.08. The summed E-state index contributed by atoms with van der Waals surface area (Å²) in [5, 5.41) is 4.67. The molecule has 1 aromatic heterocycles. The topological polar surface area (TPSA) is 85.7 Å². The van der Waals surface area contributed by atoms with Crippen molar-refractivity contribution in [2.45, 2.75) is 31.9 Å². The van der Waals surface area contributed by atoms with Gasteiger partial charge in [-0.3, -0.25) is 4.68 Å². The van der Waals surface area contributed by atoms with Crippen molar-refractivity contribution in [1.29, 1.82) is 0 Å². The molecule has 0 unspecified atom stereocenters. The highest BCUT2D eigenvalue weighted by Gasteiger charge is 2.27. The second kappa shape index (κ2) is 7.49. The lowest BCUT2D eigenvalue weighted by Gasteiger charge is -2.23. The van der Waals surface area contributed by atoms with Crippen molar-refractivity contribution in [2.75, 3.05) is 40.5 Å². The molecule has 0 bridgehead atoms. The molecule has 1 N–H and O–H groups in total. The quantitative estimate of drug-likeness (QED) is 0.791. The number of aromatic nitrogens is 2. The summed E-state index contributed by atoms with van der Waals surface area (Å²) in [6, 6.07) is 0. The lowest BCUT2D eigenvalue weighted by molar-refractivity contribution is 0.0422. The van der Waals surface area contributed by atoms with Crippen molar-refractivity contribution in [3.63, 3.8) is 0 Å². The van der Waals surface area contributed by atoms with Gasteiger partial charge in [0.25, 0.3) is 10.2 Å². The first-order valence-corrected chi connectivity index (χ1v) is 9.82. The number of hydrogen-bond donors (Lipinski definition) is 1. The zero-order valence-electron chi connectivity index (χ0n) is 14.3. The van der Waals surface area contributed by atoms with E-state index in [4.69, 9.17) is 9.47 Å². The van der Waals surface area contributed by atoms with E-state index in [1.807, 2.05) is 4.68 Å². The molecule has 3 heterocycles. The molecule has 0 aromatic carbocycles.